The van der Waals surface area contributed by atoms with Gasteiger partial charge in [0.05, 0.1) is 6.10 Å². The second-order valence-electron chi connectivity index (χ2n) is 8.04. The fourth-order valence-electron chi connectivity index (χ4n) is 4.13. The molecule has 148 valence electrons. The zero-order valence-corrected chi connectivity index (χ0v) is 16.7. The van der Waals surface area contributed by atoms with Crippen molar-refractivity contribution >= 4 is 5.91 Å². The van der Waals surface area contributed by atoms with Gasteiger partial charge in [0.2, 0.25) is 5.91 Å². The molecule has 2 saturated heterocycles. The number of carbonyl (C=O) groups is 1. The lowest BCUT2D eigenvalue weighted by Gasteiger charge is -2.45. The van der Waals surface area contributed by atoms with E-state index in [1.54, 1.807) is 11.0 Å². The van der Waals surface area contributed by atoms with Crippen LogP contribution in [0.2, 0.25) is 0 Å². The summed E-state index contributed by atoms with van der Waals surface area (Å²) >= 11 is 0. The minimum atomic E-state index is -0.455. The van der Waals surface area contributed by atoms with Crippen molar-refractivity contribution in [2.45, 2.75) is 38.8 Å². The van der Waals surface area contributed by atoms with Crippen LogP contribution in [-0.2, 0) is 11.2 Å². The Morgan fingerprint density at radius 2 is 1.81 bits per heavy atom. The predicted molar refractivity (Wildman–Crippen MR) is 109 cm³/mol. The Morgan fingerprint density at radius 3 is 2.44 bits per heavy atom. The fourth-order valence-corrected chi connectivity index (χ4v) is 4.13. The first-order valence-electron chi connectivity index (χ1n) is 10.1. The zero-order chi connectivity index (χ0) is 19.2. The third-order valence-corrected chi connectivity index (χ3v) is 5.71. The van der Waals surface area contributed by atoms with E-state index in [1.165, 1.54) is 5.56 Å². The highest BCUT2D eigenvalue weighted by molar-refractivity contribution is 5.88. The van der Waals surface area contributed by atoms with E-state index in [0.717, 1.165) is 57.7 Å². The fraction of sp³-hybridized carbons (Fsp3) is 0.591. The van der Waals surface area contributed by atoms with Gasteiger partial charge in [0, 0.05) is 57.9 Å². The van der Waals surface area contributed by atoms with E-state index in [2.05, 4.69) is 40.1 Å². The van der Waals surface area contributed by atoms with Gasteiger partial charge in [-0.1, -0.05) is 35.9 Å². The molecule has 3 rings (SSSR count). The summed E-state index contributed by atoms with van der Waals surface area (Å²) in [5.41, 5.74) is 2.40. The number of aliphatic hydroxyl groups excluding tert-OH is 1. The Morgan fingerprint density at radius 1 is 1.11 bits per heavy atom. The normalized spacial score (nSPS) is 24.6. The second-order valence-corrected chi connectivity index (χ2v) is 8.04. The van der Waals surface area contributed by atoms with Crippen molar-refractivity contribution in [3.05, 3.63) is 47.5 Å². The number of aliphatic hydroxyl groups is 1. The van der Waals surface area contributed by atoms with Crippen LogP contribution < -0.4 is 0 Å². The number of carbonyl (C=O) groups excluding carboxylic acids is 1. The molecule has 0 unspecified atom stereocenters. The molecule has 2 fully saturated rings. The number of piperazine rings is 1. The van der Waals surface area contributed by atoms with Gasteiger partial charge in [-0.25, -0.2) is 0 Å². The minimum Gasteiger partial charge on any atom is -0.390 e. The van der Waals surface area contributed by atoms with Crippen molar-refractivity contribution in [3.63, 3.8) is 0 Å². The third kappa shape index (κ3) is 5.64. The number of piperidine rings is 1. The first kappa shape index (κ1) is 20.1. The van der Waals surface area contributed by atoms with Crippen LogP contribution in [-0.4, -0.2) is 83.7 Å². The molecule has 2 aliphatic rings. The standard InChI is InChI=1S/C22H33N3O2/c1-18(2)16-22(27)25-11-9-20(21(26)17-25)24-14-12-23(13-15-24)10-8-19-6-4-3-5-7-19/h3-7,16,20-21,26H,8-15,17H2,1-2H3/t20-,21-/m1/s1. The molecule has 0 spiro atoms. The van der Waals surface area contributed by atoms with E-state index in [9.17, 15) is 9.90 Å². The van der Waals surface area contributed by atoms with Crippen molar-refractivity contribution in [1.29, 1.82) is 0 Å². The molecule has 5 nitrogen and oxygen atoms in total. The van der Waals surface area contributed by atoms with Crippen LogP contribution in [0.25, 0.3) is 0 Å². The molecule has 27 heavy (non-hydrogen) atoms. The first-order chi connectivity index (χ1) is 13.0. The SMILES string of the molecule is CC(C)=CC(=O)N1CC[C@@H](N2CCN(CCc3ccccc3)CC2)[C@H](O)C1. The van der Waals surface area contributed by atoms with Gasteiger partial charge in [-0.15, -0.1) is 0 Å². The second kappa shape index (κ2) is 9.49. The zero-order valence-electron chi connectivity index (χ0n) is 16.7. The highest BCUT2D eigenvalue weighted by Crippen LogP contribution is 2.19. The highest BCUT2D eigenvalue weighted by atomic mass is 16.3. The van der Waals surface area contributed by atoms with E-state index >= 15 is 0 Å². The summed E-state index contributed by atoms with van der Waals surface area (Å²) in [6, 6.07) is 10.8. The van der Waals surface area contributed by atoms with E-state index in [0.29, 0.717) is 6.54 Å². The average Bonchev–Trinajstić information content (AvgIpc) is 2.67. The quantitative estimate of drug-likeness (QED) is 0.802. The van der Waals surface area contributed by atoms with Crippen LogP contribution in [0.15, 0.2) is 42.0 Å². The Hall–Kier alpha value is -1.69. The number of amides is 1. The minimum absolute atomic E-state index is 0.0261. The van der Waals surface area contributed by atoms with E-state index < -0.39 is 6.10 Å². The number of β-amino-alcohol motifs (C(OH)–C–C–N with tert-alkyl or cyclic N) is 1. The van der Waals surface area contributed by atoms with E-state index in [4.69, 9.17) is 0 Å². The smallest absolute Gasteiger partial charge is 0.246 e. The maximum Gasteiger partial charge on any atom is 0.246 e. The van der Waals surface area contributed by atoms with Gasteiger partial charge in [-0.2, -0.15) is 0 Å². The molecule has 1 aromatic rings. The Labute approximate surface area is 163 Å². The van der Waals surface area contributed by atoms with Crippen LogP contribution in [0, 0.1) is 0 Å². The van der Waals surface area contributed by atoms with Crippen molar-refractivity contribution in [2.24, 2.45) is 0 Å². The molecule has 2 aliphatic heterocycles. The summed E-state index contributed by atoms with van der Waals surface area (Å²) in [7, 11) is 0. The lowest BCUT2D eigenvalue weighted by Crippen LogP contribution is -2.59. The maximum atomic E-state index is 12.2. The molecule has 1 N–H and O–H groups in total. The lowest BCUT2D eigenvalue weighted by atomic mass is 9.99. The van der Waals surface area contributed by atoms with Crippen LogP contribution in [0.3, 0.4) is 0 Å². The van der Waals surface area contributed by atoms with Gasteiger partial charge in [-0.3, -0.25) is 9.69 Å². The summed E-state index contributed by atoms with van der Waals surface area (Å²) in [6.07, 6.45) is 3.16. The number of benzene rings is 1. The number of likely N-dealkylation sites (tertiary alicyclic amines) is 1. The summed E-state index contributed by atoms with van der Waals surface area (Å²) in [4.78, 5) is 18.9. The molecule has 0 aliphatic carbocycles. The monoisotopic (exact) mass is 371 g/mol. The maximum absolute atomic E-state index is 12.2. The molecule has 5 heteroatoms. The molecule has 1 aromatic carbocycles. The number of allylic oxidation sites excluding steroid dienone is 1. The summed E-state index contributed by atoms with van der Waals surface area (Å²) < 4.78 is 0. The Bertz CT molecular complexity index is 634. The highest BCUT2D eigenvalue weighted by Gasteiger charge is 2.34. The molecule has 2 atom stereocenters. The number of rotatable bonds is 5. The van der Waals surface area contributed by atoms with Gasteiger partial charge in [0.25, 0.3) is 0 Å². The molecule has 0 aromatic heterocycles. The number of hydrogen-bond acceptors (Lipinski definition) is 4. The topological polar surface area (TPSA) is 47.0 Å². The van der Waals surface area contributed by atoms with Gasteiger partial charge in [0.15, 0.2) is 0 Å². The predicted octanol–water partition coefficient (Wildman–Crippen LogP) is 1.77. The third-order valence-electron chi connectivity index (χ3n) is 5.71. The molecule has 0 saturated carbocycles. The number of nitrogens with zero attached hydrogens (tertiary/aromatic N) is 3. The summed E-state index contributed by atoms with van der Waals surface area (Å²) in [5, 5.41) is 10.6. The van der Waals surface area contributed by atoms with Gasteiger partial charge in [0.1, 0.15) is 0 Å². The van der Waals surface area contributed by atoms with Crippen LogP contribution in [0.4, 0.5) is 0 Å². The van der Waals surface area contributed by atoms with Gasteiger partial charge >= 0.3 is 0 Å². The van der Waals surface area contributed by atoms with E-state index in [-0.39, 0.29) is 11.9 Å². The van der Waals surface area contributed by atoms with Crippen molar-refractivity contribution in [2.75, 3.05) is 45.8 Å². The molecule has 0 bridgehead atoms. The molecular weight excluding hydrogens is 338 g/mol. The van der Waals surface area contributed by atoms with Crippen LogP contribution in [0.1, 0.15) is 25.8 Å². The molecular formula is C22H33N3O2. The van der Waals surface area contributed by atoms with Crippen molar-refractivity contribution < 1.29 is 9.90 Å². The summed E-state index contributed by atoms with van der Waals surface area (Å²) in [6.45, 7) is 10.2. The lowest BCUT2D eigenvalue weighted by molar-refractivity contribution is -0.131. The molecule has 2 heterocycles. The van der Waals surface area contributed by atoms with E-state index in [1.807, 2.05) is 13.8 Å². The number of hydrogen-bond donors (Lipinski definition) is 1. The largest absolute Gasteiger partial charge is 0.390 e. The van der Waals surface area contributed by atoms with Crippen LogP contribution in [0.5, 0.6) is 0 Å². The summed E-state index contributed by atoms with van der Waals surface area (Å²) in [5.74, 6) is 0.0261. The molecule has 1 amide bonds. The van der Waals surface area contributed by atoms with Crippen LogP contribution >= 0.6 is 0 Å². The first-order valence-corrected chi connectivity index (χ1v) is 10.1. The van der Waals surface area contributed by atoms with Crippen molar-refractivity contribution in [3.8, 4) is 0 Å². The average molecular weight is 372 g/mol. The van der Waals surface area contributed by atoms with Gasteiger partial charge in [-0.05, 0) is 32.3 Å². The Balaban J connectivity index is 1.43. The van der Waals surface area contributed by atoms with Gasteiger partial charge < -0.3 is 14.9 Å². The van der Waals surface area contributed by atoms with Crippen molar-refractivity contribution in [1.82, 2.24) is 14.7 Å². The molecule has 0 radical (unpaired) electrons. The Kier molecular flexibility index (Phi) is 7.05.